The predicted molar refractivity (Wildman–Crippen MR) is 86.0 cm³/mol. The molecule has 0 radical (unpaired) electrons. The fourth-order valence-corrected chi connectivity index (χ4v) is 5.65. The predicted octanol–water partition coefficient (Wildman–Crippen LogP) is 1.65. The number of nitrogens with zero attached hydrogens (tertiary/aromatic N) is 2. The van der Waals surface area contributed by atoms with Gasteiger partial charge in [-0.2, -0.15) is 13.2 Å². The van der Waals surface area contributed by atoms with Gasteiger partial charge in [-0.1, -0.05) is 6.92 Å². The molecule has 25 heavy (non-hydrogen) atoms. The summed E-state index contributed by atoms with van der Waals surface area (Å²) in [7, 11) is -3.23. The van der Waals surface area contributed by atoms with Crippen molar-refractivity contribution in [1.82, 2.24) is 9.80 Å². The van der Waals surface area contributed by atoms with Crippen molar-refractivity contribution in [2.75, 3.05) is 31.1 Å². The third kappa shape index (κ3) is 3.52. The summed E-state index contributed by atoms with van der Waals surface area (Å²) in [6, 6.07) is 3.35. The van der Waals surface area contributed by atoms with Gasteiger partial charge in [0.15, 0.2) is 9.84 Å². The van der Waals surface area contributed by atoms with Crippen molar-refractivity contribution in [2.45, 2.75) is 25.2 Å². The zero-order valence-corrected chi connectivity index (χ0v) is 14.5. The lowest BCUT2D eigenvalue weighted by atomic mass is 10.0. The molecule has 2 aliphatic heterocycles. The third-order valence-electron chi connectivity index (χ3n) is 4.92. The average molecular weight is 376 g/mol. The largest absolute Gasteiger partial charge is 0.416 e. The molecule has 0 aliphatic carbocycles. The molecule has 2 heterocycles. The van der Waals surface area contributed by atoms with Gasteiger partial charge in [0, 0.05) is 24.7 Å². The van der Waals surface area contributed by atoms with Crippen LogP contribution < -0.4 is 0 Å². The van der Waals surface area contributed by atoms with Crippen LogP contribution in [0.1, 0.15) is 22.8 Å². The van der Waals surface area contributed by atoms with E-state index in [2.05, 4.69) is 0 Å². The first kappa shape index (κ1) is 18.2. The summed E-state index contributed by atoms with van der Waals surface area (Å²) in [5, 5.41) is 0. The van der Waals surface area contributed by atoms with Gasteiger partial charge in [-0.15, -0.1) is 0 Å². The Labute approximate surface area is 144 Å². The number of carbonyl (C=O) groups is 1. The van der Waals surface area contributed by atoms with Gasteiger partial charge in [-0.05, 0) is 30.8 Å². The van der Waals surface area contributed by atoms with E-state index in [0.717, 1.165) is 24.3 Å². The van der Waals surface area contributed by atoms with E-state index < -0.39 is 33.5 Å². The molecule has 1 aromatic rings. The lowest BCUT2D eigenvalue weighted by Gasteiger charge is -2.43. The Hall–Kier alpha value is -1.61. The van der Waals surface area contributed by atoms with Crippen LogP contribution in [0.2, 0.25) is 0 Å². The molecule has 2 aliphatic rings. The maximum atomic E-state index is 12.7. The molecule has 0 spiro atoms. The summed E-state index contributed by atoms with van der Waals surface area (Å²) in [4.78, 5) is 16.3. The van der Waals surface area contributed by atoms with Crippen molar-refractivity contribution in [3.63, 3.8) is 0 Å². The minimum Gasteiger partial charge on any atom is -0.332 e. The number of halogens is 3. The molecule has 0 saturated carbocycles. The molecule has 0 bridgehead atoms. The number of fused-ring (bicyclic) bond motifs is 1. The molecule has 1 aromatic carbocycles. The van der Waals surface area contributed by atoms with Crippen molar-refractivity contribution in [2.24, 2.45) is 0 Å². The van der Waals surface area contributed by atoms with Gasteiger partial charge in [0.1, 0.15) is 0 Å². The molecule has 2 saturated heterocycles. The van der Waals surface area contributed by atoms with E-state index in [1.54, 1.807) is 0 Å². The van der Waals surface area contributed by atoms with Crippen molar-refractivity contribution in [3.05, 3.63) is 35.4 Å². The Morgan fingerprint density at radius 3 is 2.28 bits per heavy atom. The van der Waals surface area contributed by atoms with Crippen LogP contribution in [0.25, 0.3) is 0 Å². The third-order valence-corrected chi connectivity index (χ3v) is 6.62. The number of hydrogen-bond acceptors (Lipinski definition) is 4. The molecule has 3 rings (SSSR count). The number of hydrogen-bond donors (Lipinski definition) is 0. The van der Waals surface area contributed by atoms with Crippen LogP contribution in [0.5, 0.6) is 0 Å². The van der Waals surface area contributed by atoms with Crippen LogP contribution in [0.15, 0.2) is 24.3 Å². The molecule has 138 valence electrons. The van der Waals surface area contributed by atoms with Crippen LogP contribution in [0.3, 0.4) is 0 Å². The highest BCUT2D eigenvalue weighted by Crippen LogP contribution is 2.31. The van der Waals surface area contributed by atoms with Gasteiger partial charge in [-0.3, -0.25) is 9.69 Å². The number of alkyl halides is 3. The summed E-state index contributed by atoms with van der Waals surface area (Å²) in [6.45, 7) is 3.55. The minimum absolute atomic E-state index is 0.0162. The van der Waals surface area contributed by atoms with E-state index in [1.165, 1.54) is 4.90 Å². The molecule has 0 unspecified atom stereocenters. The Morgan fingerprint density at radius 1 is 1.12 bits per heavy atom. The van der Waals surface area contributed by atoms with Gasteiger partial charge < -0.3 is 4.90 Å². The number of amides is 1. The molecule has 0 N–H and O–H groups in total. The number of piperazine rings is 1. The summed E-state index contributed by atoms with van der Waals surface area (Å²) >= 11 is 0. The molecule has 0 aromatic heterocycles. The Balaban J connectivity index is 1.84. The van der Waals surface area contributed by atoms with E-state index in [4.69, 9.17) is 0 Å². The highest BCUT2D eigenvalue weighted by Gasteiger charge is 2.47. The summed E-state index contributed by atoms with van der Waals surface area (Å²) < 4.78 is 62.0. The lowest BCUT2D eigenvalue weighted by Crippen LogP contribution is -2.60. The topological polar surface area (TPSA) is 57.7 Å². The average Bonchev–Trinajstić information content (AvgIpc) is 2.87. The van der Waals surface area contributed by atoms with Crippen LogP contribution in [0.4, 0.5) is 13.2 Å². The first-order valence-corrected chi connectivity index (χ1v) is 9.87. The summed E-state index contributed by atoms with van der Waals surface area (Å²) in [5.74, 6) is -0.500. The van der Waals surface area contributed by atoms with Gasteiger partial charge in [0.05, 0.1) is 23.1 Å². The van der Waals surface area contributed by atoms with Gasteiger partial charge in [0.2, 0.25) is 0 Å². The SMILES string of the molecule is CCN1CCN(C(=O)c2ccc(C(F)(F)F)cc2)[C@@H]2CS(=O)(=O)C[C@@H]21. The van der Waals surface area contributed by atoms with E-state index in [0.29, 0.717) is 19.6 Å². The van der Waals surface area contributed by atoms with Crippen LogP contribution in [0, 0.1) is 0 Å². The van der Waals surface area contributed by atoms with Crippen molar-refractivity contribution in [1.29, 1.82) is 0 Å². The number of likely N-dealkylation sites (N-methyl/N-ethyl adjacent to an activating group) is 1. The first-order valence-electron chi connectivity index (χ1n) is 8.05. The van der Waals surface area contributed by atoms with Crippen LogP contribution in [-0.2, 0) is 16.0 Å². The maximum absolute atomic E-state index is 12.7. The highest BCUT2D eigenvalue weighted by atomic mass is 32.2. The van der Waals surface area contributed by atoms with E-state index in [9.17, 15) is 26.4 Å². The van der Waals surface area contributed by atoms with E-state index in [-0.39, 0.29) is 23.1 Å². The van der Waals surface area contributed by atoms with E-state index >= 15 is 0 Å². The Kier molecular flexibility index (Phi) is 4.57. The molecule has 9 heteroatoms. The van der Waals surface area contributed by atoms with E-state index in [1.807, 2.05) is 11.8 Å². The molecule has 2 atom stereocenters. The number of sulfone groups is 1. The highest BCUT2D eigenvalue weighted by molar-refractivity contribution is 7.91. The van der Waals surface area contributed by atoms with Crippen molar-refractivity contribution >= 4 is 15.7 Å². The number of rotatable bonds is 2. The molecule has 5 nitrogen and oxygen atoms in total. The Bertz CT molecular complexity index is 762. The monoisotopic (exact) mass is 376 g/mol. The normalized spacial score (nSPS) is 26.5. The zero-order valence-electron chi connectivity index (χ0n) is 13.7. The number of carbonyl (C=O) groups excluding carboxylic acids is 1. The van der Waals surface area contributed by atoms with Gasteiger partial charge in [-0.25, -0.2) is 8.42 Å². The number of benzene rings is 1. The minimum atomic E-state index is -4.46. The second-order valence-electron chi connectivity index (χ2n) is 6.41. The standard InChI is InChI=1S/C16H19F3N2O3S/c1-2-20-7-8-21(14-10-25(23,24)9-13(14)20)15(22)11-3-5-12(6-4-11)16(17,18)19/h3-6,13-14H,2,7-10H2,1H3/t13-,14+/m0/s1. The second kappa shape index (κ2) is 6.28. The van der Waals surface area contributed by atoms with Crippen molar-refractivity contribution < 1.29 is 26.4 Å². The summed E-state index contributed by atoms with van der Waals surface area (Å²) in [6.07, 6.45) is -4.46. The van der Waals surface area contributed by atoms with Crippen LogP contribution in [-0.4, -0.2) is 67.3 Å². The zero-order chi connectivity index (χ0) is 18.4. The molecule has 1 amide bonds. The van der Waals surface area contributed by atoms with Crippen molar-refractivity contribution in [3.8, 4) is 0 Å². The quantitative estimate of drug-likeness (QED) is 0.788. The maximum Gasteiger partial charge on any atom is 0.416 e. The summed E-state index contributed by atoms with van der Waals surface area (Å²) in [5.41, 5.74) is -0.679. The fraction of sp³-hybridized carbons (Fsp3) is 0.562. The first-order chi connectivity index (χ1) is 11.6. The Morgan fingerprint density at radius 2 is 1.72 bits per heavy atom. The lowest BCUT2D eigenvalue weighted by molar-refractivity contribution is -0.137. The van der Waals surface area contributed by atoms with Crippen LogP contribution >= 0.6 is 0 Å². The van der Waals surface area contributed by atoms with Gasteiger partial charge in [0.25, 0.3) is 5.91 Å². The molecule has 2 fully saturated rings. The fourth-order valence-electron chi connectivity index (χ4n) is 3.64. The van der Waals surface area contributed by atoms with Gasteiger partial charge >= 0.3 is 6.18 Å². The molecular formula is C16H19F3N2O3S. The second-order valence-corrected chi connectivity index (χ2v) is 8.57. The molecular weight excluding hydrogens is 357 g/mol. The smallest absolute Gasteiger partial charge is 0.332 e.